The summed E-state index contributed by atoms with van der Waals surface area (Å²) in [7, 11) is 0. The first-order valence-electron chi connectivity index (χ1n) is 7.72. The summed E-state index contributed by atoms with van der Waals surface area (Å²) in [4.78, 5) is 11.7. The van der Waals surface area contributed by atoms with E-state index in [1.54, 1.807) is 12.3 Å². The molecule has 0 fully saturated rings. The van der Waals surface area contributed by atoms with Crippen molar-refractivity contribution in [2.24, 2.45) is 5.10 Å². The molecule has 3 heteroatoms. The van der Waals surface area contributed by atoms with Crippen molar-refractivity contribution in [1.29, 1.82) is 0 Å². The minimum Gasteiger partial charge on any atom is -0.268 e. The molecule has 0 atom stereocenters. The third kappa shape index (κ3) is 5.55. The third-order valence-electron chi connectivity index (χ3n) is 3.50. The van der Waals surface area contributed by atoms with Gasteiger partial charge in [0.2, 0.25) is 0 Å². The fourth-order valence-corrected chi connectivity index (χ4v) is 2.02. The van der Waals surface area contributed by atoms with Crippen molar-refractivity contribution < 1.29 is 4.79 Å². The first-order valence-corrected chi connectivity index (χ1v) is 7.72. The molecule has 2 aromatic carbocycles. The summed E-state index contributed by atoms with van der Waals surface area (Å²) in [5.74, 6) is 0.258. The number of carbonyl (C=O) groups is 1. The predicted molar refractivity (Wildman–Crippen MR) is 96.5 cm³/mol. The standard InChI is InChI=1S/C20H22N2O/c1-15(2)19-11-8-17(9-12-19)10-13-20(23)22-21-14-18-6-4-16(3)5-7-18/h4-15H,1-3H3,(H,22,23)/b13-10+,21-14+. The molecular formula is C20H22N2O. The van der Waals surface area contributed by atoms with Crippen LogP contribution in [0.2, 0.25) is 0 Å². The molecule has 0 heterocycles. The Hall–Kier alpha value is -2.68. The average Bonchev–Trinajstić information content (AvgIpc) is 2.55. The number of hydrogen-bond donors (Lipinski definition) is 1. The Kier molecular flexibility index (Phi) is 5.87. The molecule has 0 aliphatic rings. The smallest absolute Gasteiger partial charge is 0.264 e. The minimum atomic E-state index is -0.249. The molecule has 23 heavy (non-hydrogen) atoms. The molecule has 0 spiro atoms. The molecule has 0 aliphatic heterocycles. The quantitative estimate of drug-likeness (QED) is 0.500. The van der Waals surface area contributed by atoms with Gasteiger partial charge < -0.3 is 0 Å². The van der Waals surface area contributed by atoms with Crippen LogP contribution in [-0.4, -0.2) is 12.1 Å². The Bertz CT molecular complexity index is 695. The van der Waals surface area contributed by atoms with Gasteiger partial charge in [0.15, 0.2) is 0 Å². The van der Waals surface area contributed by atoms with Crippen LogP contribution in [0.1, 0.15) is 42.0 Å². The van der Waals surface area contributed by atoms with Gasteiger partial charge in [0, 0.05) is 6.08 Å². The number of benzene rings is 2. The third-order valence-corrected chi connectivity index (χ3v) is 3.50. The summed E-state index contributed by atoms with van der Waals surface area (Å²) in [6.45, 7) is 6.34. The monoisotopic (exact) mass is 306 g/mol. The van der Waals surface area contributed by atoms with Crippen LogP contribution < -0.4 is 5.43 Å². The van der Waals surface area contributed by atoms with Gasteiger partial charge in [-0.2, -0.15) is 5.10 Å². The summed E-state index contributed by atoms with van der Waals surface area (Å²) in [6.07, 6.45) is 4.89. The lowest BCUT2D eigenvalue weighted by Crippen LogP contribution is -2.14. The van der Waals surface area contributed by atoms with Crippen molar-refractivity contribution in [2.45, 2.75) is 26.7 Å². The molecule has 0 saturated heterocycles. The van der Waals surface area contributed by atoms with Gasteiger partial charge >= 0.3 is 0 Å². The second-order valence-corrected chi connectivity index (χ2v) is 5.80. The number of nitrogens with zero attached hydrogens (tertiary/aromatic N) is 1. The van der Waals surface area contributed by atoms with Gasteiger partial charge in [0.05, 0.1) is 6.21 Å². The number of hydrogen-bond acceptors (Lipinski definition) is 2. The van der Waals surface area contributed by atoms with E-state index in [2.05, 4.69) is 36.5 Å². The normalized spacial score (nSPS) is 11.5. The Morgan fingerprint density at radius 3 is 2.22 bits per heavy atom. The van der Waals surface area contributed by atoms with Crippen LogP contribution in [0, 0.1) is 6.92 Å². The van der Waals surface area contributed by atoms with Crippen LogP contribution in [0.3, 0.4) is 0 Å². The van der Waals surface area contributed by atoms with Gasteiger partial charge in [0.25, 0.3) is 5.91 Å². The molecule has 2 rings (SSSR count). The van der Waals surface area contributed by atoms with Crippen LogP contribution in [0.15, 0.2) is 59.7 Å². The zero-order valence-electron chi connectivity index (χ0n) is 13.8. The summed E-state index contributed by atoms with van der Waals surface area (Å²) >= 11 is 0. The van der Waals surface area contributed by atoms with Crippen LogP contribution >= 0.6 is 0 Å². The fraction of sp³-hybridized carbons (Fsp3) is 0.200. The molecule has 1 amide bonds. The number of rotatable bonds is 5. The van der Waals surface area contributed by atoms with Gasteiger partial charge in [-0.15, -0.1) is 0 Å². The molecule has 3 nitrogen and oxygen atoms in total. The van der Waals surface area contributed by atoms with E-state index in [-0.39, 0.29) is 5.91 Å². The number of hydrazone groups is 1. The molecule has 0 aliphatic carbocycles. The van der Waals surface area contributed by atoms with Crippen LogP contribution in [-0.2, 0) is 4.79 Å². The fourth-order valence-electron chi connectivity index (χ4n) is 2.02. The van der Waals surface area contributed by atoms with E-state index in [4.69, 9.17) is 0 Å². The molecule has 0 aromatic heterocycles. The van der Waals surface area contributed by atoms with Gasteiger partial charge in [-0.3, -0.25) is 4.79 Å². The molecule has 0 bridgehead atoms. The van der Waals surface area contributed by atoms with E-state index in [9.17, 15) is 4.79 Å². The van der Waals surface area contributed by atoms with Crippen LogP contribution in [0.5, 0.6) is 0 Å². The highest BCUT2D eigenvalue weighted by Gasteiger charge is 1.98. The predicted octanol–water partition coefficient (Wildman–Crippen LogP) is 4.28. The molecule has 0 radical (unpaired) electrons. The van der Waals surface area contributed by atoms with Crippen molar-refractivity contribution in [3.05, 3.63) is 76.9 Å². The lowest BCUT2D eigenvalue weighted by Gasteiger charge is -2.04. The van der Waals surface area contributed by atoms with E-state index in [1.807, 2.05) is 43.3 Å². The zero-order valence-corrected chi connectivity index (χ0v) is 13.8. The maximum absolute atomic E-state index is 11.7. The average molecular weight is 306 g/mol. The number of nitrogens with one attached hydrogen (secondary N) is 1. The minimum absolute atomic E-state index is 0.249. The largest absolute Gasteiger partial charge is 0.268 e. The first-order chi connectivity index (χ1) is 11.0. The first kappa shape index (κ1) is 16.7. The van der Waals surface area contributed by atoms with Crippen LogP contribution in [0.25, 0.3) is 6.08 Å². The highest BCUT2D eigenvalue weighted by Crippen LogP contribution is 2.15. The topological polar surface area (TPSA) is 41.5 Å². The SMILES string of the molecule is Cc1ccc(/C=N/NC(=O)/C=C/c2ccc(C(C)C)cc2)cc1. The summed E-state index contributed by atoms with van der Waals surface area (Å²) in [6, 6.07) is 16.1. The van der Waals surface area contributed by atoms with Gasteiger partial charge in [0.1, 0.15) is 0 Å². The van der Waals surface area contributed by atoms with Crippen molar-refractivity contribution in [3.63, 3.8) is 0 Å². The maximum atomic E-state index is 11.7. The Morgan fingerprint density at radius 1 is 1.00 bits per heavy atom. The molecule has 0 unspecified atom stereocenters. The maximum Gasteiger partial charge on any atom is 0.264 e. The Labute approximate surface area is 137 Å². The van der Waals surface area contributed by atoms with Crippen molar-refractivity contribution in [3.8, 4) is 0 Å². The van der Waals surface area contributed by atoms with Gasteiger partial charge in [-0.05, 0) is 35.6 Å². The molecule has 1 N–H and O–H groups in total. The van der Waals surface area contributed by atoms with E-state index >= 15 is 0 Å². The highest BCUT2D eigenvalue weighted by atomic mass is 16.2. The van der Waals surface area contributed by atoms with E-state index < -0.39 is 0 Å². The van der Waals surface area contributed by atoms with Gasteiger partial charge in [-0.25, -0.2) is 5.43 Å². The zero-order chi connectivity index (χ0) is 16.7. The second kappa shape index (κ2) is 8.08. The van der Waals surface area contributed by atoms with Crippen molar-refractivity contribution >= 4 is 18.2 Å². The van der Waals surface area contributed by atoms with Crippen molar-refractivity contribution in [1.82, 2.24) is 5.43 Å². The molecular weight excluding hydrogens is 284 g/mol. The lowest BCUT2D eigenvalue weighted by atomic mass is 10.0. The Morgan fingerprint density at radius 2 is 1.61 bits per heavy atom. The second-order valence-electron chi connectivity index (χ2n) is 5.80. The highest BCUT2D eigenvalue weighted by molar-refractivity contribution is 5.92. The van der Waals surface area contributed by atoms with E-state index in [0.29, 0.717) is 5.92 Å². The van der Waals surface area contributed by atoms with E-state index in [0.717, 1.165) is 11.1 Å². The molecule has 2 aromatic rings. The van der Waals surface area contributed by atoms with Gasteiger partial charge in [-0.1, -0.05) is 67.9 Å². The lowest BCUT2D eigenvalue weighted by molar-refractivity contribution is -0.116. The summed E-state index contributed by atoms with van der Waals surface area (Å²) < 4.78 is 0. The van der Waals surface area contributed by atoms with Crippen molar-refractivity contribution in [2.75, 3.05) is 0 Å². The Balaban J connectivity index is 1.87. The number of aryl methyl sites for hydroxylation is 1. The number of carbonyl (C=O) groups excluding carboxylic acids is 1. The summed E-state index contributed by atoms with van der Waals surface area (Å²) in [5.41, 5.74) is 6.91. The van der Waals surface area contributed by atoms with E-state index in [1.165, 1.54) is 17.2 Å². The summed E-state index contributed by atoms with van der Waals surface area (Å²) in [5, 5.41) is 3.95. The molecule has 118 valence electrons. The van der Waals surface area contributed by atoms with Crippen LogP contribution in [0.4, 0.5) is 0 Å². The number of amides is 1. The molecule has 0 saturated carbocycles.